The van der Waals surface area contributed by atoms with E-state index in [9.17, 15) is 24.9 Å². The van der Waals surface area contributed by atoms with Gasteiger partial charge in [-0.3, -0.25) is 4.79 Å². The van der Waals surface area contributed by atoms with Gasteiger partial charge in [-0.2, -0.15) is 0 Å². The second-order valence-electron chi connectivity index (χ2n) is 10.5. The second kappa shape index (κ2) is 5.65. The van der Waals surface area contributed by atoms with Crippen molar-refractivity contribution in [3.05, 3.63) is 23.3 Å². The third-order valence-electron chi connectivity index (χ3n) is 8.79. The minimum absolute atomic E-state index is 0.0409. The van der Waals surface area contributed by atoms with Crippen LogP contribution in [0.15, 0.2) is 23.3 Å². The van der Waals surface area contributed by atoms with Gasteiger partial charge in [0, 0.05) is 24.7 Å². The number of hydrogen-bond acceptors (Lipinski definition) is 5. The van der Waals surface area contributed by atoms with Crippen LogP contribution in [0.25, 0.3) is 0 Å². The van der Waals surface area contributed by atoms with Crippen molar-refractivity contribution in [1.82, 2.24) is 0 Å². The van der Waals surface area contributed by atoms with Crippen LogP contribution in [-0.2, 0) is 9.59 Å². The van der Waals surface area contributed by atoms with E-state index in [0.717, 1.165) is 0 Å². The summed E-state index contributed by atoms with van der Waals surface area (Å²) >= 11 is 0. The lowest BCUT2D eigenvalue weighted by Crippen LogP contribution is -2.60. The van der Waals surface area contributed by atoms with Gasteiger partial charge in [0.2, 0.25) is 0 Å². The van der Waals surface area contributed by atoms with E-state index in [4.69, 9.17) is 0 Å². The van der Waals surface area contributed by atoms with Crippen LogP contribution in [0.5, 0.6) is 0 Å². The molecule has 4 aliphatic carbocycles. The Morgan fingerprint density at radius 2 is 1.89 bits per heavy atom. The van der Waals surface area contributed by atoms with E-state index < -0.39 is 17.1 Å². The van der Waals surface area contributed by atoms with E-state index in [1.165, 1.54) is 0 Å². The van der Waals surface area contributed by atoms with Crippen molar-refractivity contribution in [2.24, 2.45) is 34.5 Å². The topological polar surface area (TPSA) is 94.8 Å². The average Bonchev–Trinajstić information content (AvgIpc) is 2.99. The van der Waals surface area contributed by atoms with Gasteiger partial charge in [0.25, 0.3) is 0 Å². The average molecular weight is 389 g/mol. The molecule has 0 saturated heterocycles. The van der Waals surface area contributed by atoms with Crippen molar-refractivity contribution in [1.29, 1.82) is 0 Å². The minimum atomic E-state index is -1.71. The Morgan fingerprint density at radius 3 is 2.46 bits per heavy atom. The number of carbonyl (C=O) groups is 2. The maximum atomic E-state index is 12.8. The summed E-state index contributed by atoms with van der Waals surface area (Å²) in [6, 6.07) is 0. The van der Waals surface area contributed by atoms with Crippen molar-refractivity contribution in [3.8, 4) is 0 Å². The fourth-order valence-corrected chi connectivity index (χ4v) is 7.49. The van der Waals surface area contributed by atoms with Crippen LogP contribution < -0.4 is 0 Å². The third-order valence-corrected chi connectivity index (χ3v) is 8.79. The van der Waals surface area contributed by atoms with Crippen molar-refractivity contribution >= 4 is 11.6 Å². The lowest BCUT2D eigenvalue weighted by atomic mass is 9.58. The Morgan fingerprint density at radius 1 is 1.25 bits per heavy atom. The molecule has 28 heavy (non-hydrogen) atoms. The molecular formula is C23H32O5. The van der Waals surface area contributed by atoms with Gasteiger partial charge in [-0.25, -0.2) is 0 Å². The number of aliphatic hydroxyl groups is 3. The molecule has 0 radical (unpaired) electrons. The van der Waals surface area contributed by atoms with Crippen LogP contribution in [0.3, 0.4) is 0 Å². The predicted molar refractivity (Wildman–Crippen MR) is 104 cm³/mol. The monoisotopic (exact) mass is 388 g/mol. The van der Waals surface area contributed by atoms with Gasteiger partial charge in [0.15, 0.2) is 5.78 Å². The number of aliphatic hydroxyl groups excluding tert-OH is 1. The van der Waals surface area contributed by atoms with Crippen LogP contribution in [0, 0.1) is 34.5 Å². The molecule has 0 amide bonds. The number of fused-ring (bicyclic) bond motifs is 5. The SMILES string of the molecule is CC(=O)C[C@@]12C[C@@H](C)[C@@]3(O)[C@@H](C=C(CO)C[C@]4(O)C(=O)C(C)=C[C@@H]34)C1C2(C)C. The first-order valence-corrected chi connectivity index (χ1v) is 10.3. The Bertz CT molecular complexity index is 823. The molecule has 0 bridgehead atoms. The molecule has 7 atom stereocenters. The van der Waals surface area contributed by atoms with Gasteiger partial charge < -0.3 is 20.1 Å². The standard InChI is InChI=1S/C23H32O5/c1-12-6-17-22(27,19(12)26)10-15(11-24)7-16-18-20(4,5)21(18,9-14(3)25)8-13(2)23(16,17)28/h6-7,13,16-18,24,27-28H,8-11H2,1-5H3/t13-,16+,17-,18?,21+,22-,23-/m1/s1. The van der Waals surface area contributed by atoms with E-state index in [1.807, 2.05) is 13.0 Å². The van der Waals surface area contributed by atoms with Crippen LogP contribution >= 0.6 is 0 Å². The summed E-state index contributed by atoms with van der Waals surface area (Å²) in [6.45, 7) is 9.34. The number of Topliss-reactive ketones (excluding diaryl/α,β-unsaturated/α-hetero) is 2. The largest absolute Gasteiger partial charge is 0.392 e. The smallest absolute Gasteiger partial charge is 0.190 e. The quantitative estimate of drug-likeness (QED) is 0.644. The predicted octanol–water partition coefficient (Wildman–Crippen LogP) is 2.19. The van der Waals surface area contributed by atoms with Crippen molar-refractivity contribution < 1.29 is 24.9 Å². The summed E-state index contributed by atoms with van der Waals surface area (Å²) < 4.78 is 0. The summed E-state index contributed by atoms with van der Waals surface area (Å²) in [6.07, 6.45) is 4.86. The first kappa shape index (κ1) is 20.0. The van der Waals surface area contributed by atoms with Crippen molar-refractivity contribution in [2.75, 3.05) is 6.61 Å². The Balaban J connectivity index is 1.90. The molecule has 4 aliphatic rings. The van der Waals surface area contributed by atoms with Crippen LogP contribution in [-0.4, -0.2) is 44.7 Å². The van der Waals surface area contributed by atoms with Crippen molar-refractivity contribution in [2.45, 2.75) is 65.1 Å². The zero-order valence-electron chi connectivity index (χ0n) is 17.5. The van der Waals surface area contributed by atoms with Gasteiger partial charge in [-0.05, 0) is 54.1 Å². The Kier molecular flexibility index (Phi) is 4.03. The van der Waals surface area contributed by atoms with E-state index in [2.05, 4.69) is 13.8 Å². The highest BCUT2D eigenvalue weighted by atomic mass is 16.3. The molecule has 0 aromatic heterocycles. The highest BCUT2D eigenvalue weighted by Crippen LogP contribution is 2.81. The van der Waals surface area contributed by atoms with E-state index >= 15 is 0 Å². The second-order valence-corrected chi connectivity index (χ2v) is 10.5. The molecule has 0 aliphatic heterocycles. The van der Waals surface area contributed by atoms with Crippen molar-refractivity contribution in [3.63, 3.8) is 0 Å². The number of rotatable bonds is 3. The van der Waals surface area contributed by atoms with E-state index in [1.54, 1.807) is 19.9 Å². The summed E-state index contributed by atoms with van der Waals surface area (Å²) in [4.78, 5) is 24.9. The highest BCUT2D eigenvalue weighted by molar-refractivity contribution is 6.04. The van der Waals surface area contributed by atoms with Crippen LogP contribution in [0.1, 0.15) is 53.9 Å². The molecule has 0 aromatic rings. The number of carbonyl (C=O) groups excluding carboxylic acids is 2. The normalized spacial score (nSPS) is 48.6. The zero-order chi connectivity index (χ0) is 20.9. The zero-order valence-corrected chi connectivity index (χ0v) is 17.5. The molecular weight excluding hydrogens is 356 g/mol. The maximum Gasteiger partial charge on any atom is 0.190 e. The first-order valence-electron chi connectivity index (χ1n) is 10.3. The van der Waals surface area contributed by atoms with Gasteiger partial charge >= 0.3 is 0 Å². The van der Waals surface area contributed by atoms with E-state index in [-0.39, 0.29) is 53.2 Å². The first-order chi connectivity index (χ1) is 12.9. The molecule has 2 fully saturated rings. The van der Waals surface area contributed by atoms with Crippen LogP contribution in [0.2, 0.25) is 0 Å². The molecule has 0 heterocycles. The Labute approximate surface area is 166 Å². The molecule has 5 nitrogen and oxygen atoms in total. The molecule has 154 valence electrons. The Hall–Kier alpha value is -1.30. The number of ketones is 2. The molecule has 3 N–H and O–H groups in total. The molecule has 0 aromatic carbocycles. The maximum absolute atomic E-state index is 12.8. The molecule has 1 unspecified atom stereocenters. The molecule has 4 rings (SSSR count). The summed E-state index contributed by atoms with van der Waals surface area (Å²) in [5.74, 6) is -1.36. The van der Waals surface area contributed by atoms with Gasteiger partial charge in [-0.15, -0.1) is 0 Å². The summed E-state index contributed by atoms with van der Waals surface area (Å²) in [7, 11) is 0. The third kappa shape index (κ3) is 2.13. The number of hydrogen-bond donors (Lipinski definition) is 3. The lowest BCUT2D eigenvalue weighted by Gasteiger charge is -2.51. The summed E-state index contributed by atoms with van der Waals surface area (Å²) in [5, 5.41) is 33.5. The van der Waals surface area contributed by atoms with Gasteiger partial charge in [-0.1, -0.05) is 32.9 Å². The van der Waals surface area contributed by atoms with Gasteiger partial charge in [0.1, 0.15) is 11.4 Å². The lowest BCUT2D eigenvalue weighted by molar-refractivity contribution is -0.172. The van der Waals surface area contributed by atoms with Crippen LogP contribution in [0.4, 0.5) is 0 Å². The fraction of sp³-hybridized carbons (Fsp3) is 0.739. The molecule has 2 saturated carbocycles. The van der Waals surface area contributed by atoms with E-state index in [0.29, 0.717) is 24.0 Å². The summed E-state index contributed by atoms with van der Waals surface area (Å²) in [5.41, 5.74) is -2.26. The minimum Gasteiger partial charge on any atom is -0.392 e. The van der Waals surface area contributed by atoms with Gasteiger partial charge in [0.05, 0.1) is 12.2 Å². The molecule has 0 spiro atoms. The highest BCUT2D eigenvalue weighted by Gasteiger charge is 2.80. The fourth-order valence-electron chi connectivity index (χ4n) is 7.49. The molecule has 5 heteroatoms.